The molecule has 0 bridgehead atoms. The summed E-state index contributed by atoms with van der Waals surface area (Å²) in [5, 5.41) is 1.52. The standard InChI is InChI=1S/C13H11F3/c1-9(13(14,15)16)11-8-4-6-10-5-2-3-7-12(10)11/h2-9H,1H3. The van der Waals surface area contributed by atoms with Crippen LogP contribution in [0.1, 0.15) is 18.4 Å². The van der Waals surface area contributed by atoms with Gasteiger partial charge in [0.15, 0.2) is 0 Å². The first-order chi connectivity index (χ1) is 7.50. The second-order valence-electron chi connectivity index (χ2n) is 3.83. The minimum atomic E-state index is -4.19. The molecule has 2 rings (SSSR count). The topological polar surface area (TPSA) is 0 Å². The van der Waals surface area contributed by atoms with Gasteiger partial charge in [-0.05, 0) is 23.3 Å². The lowest BCUT2D eigenvalue weighted by Gasteiger charge is -2.17. The summed E-state index contributed by atoms with van der Waals surface area (Å²) in [6, 6.07) is 12.2. The maximum atomic E-state index is 12.7. The van der Waals surface area contributed by atoms with Crippen LogP contribution in [-0.2, 0) is 0 Å². The second-order valence-corrected chi connectivity index (χ2v) is 3.83. The average molecular weight is 224 g/mol. The van der Waals surface area contributed by atoms with Gasteiger partial charge in [0.05, 0.1) is 5.92 Å². The van der Waals surface area contributed by atoms with E-state index in [1.54, 1.807) is 24.3 Å². The van der Waals surface area contributed by atoms with E-state index in [0.29, 0.717) is 10.9 Å². The van der Waals surface area contributed by atoms with Gasteiger partial charge >= 0.3 is 6.18 Å². The van der Waals surface area contributed by atoms with Crippen molar-refractivity contribution >= 4 is 10.8 Å². The van der Waals surface area contributed by atoms with E-state index in [9.17, 15) is 13.2 Å². The molecule has 0 aliphatic heterocycles. The maximum Gasteiger partial charge on any atom is 0.395 e. The van der Waals surface area contributed by atoms with E-state index in [0.717, 1.165) is 5.39 Å². The van der Waals surface area contributed by atoms with Crippen molar-refractivity contribution in [1.82, 2.24) is 0 Å². The number of hydrogen-bond acceptors (Lipinski definition) is 0. The molecule has 0 aliphatic carbocycles. The molecule has 3 heteroatoms. The first-order valence-corrected chi connectivity index (χ1v) is 5.04. The average Bonchev–Trinajstić information content (AvgIpc) is 2.26. The maximum absolute atomic E-state index is 12.7. The van der Waals surface area contributed by atoms with Gasteiger partial charge in [-0.2, -0.15) is 13.2 Å². The largest absolute Gasteiger partial charge is 0.395 e. The Balaban J connectivity index is 2.61. The number of alkyl halides is 3. The Bertz CT molecular complexity index is 494. The SMILES string of the molecule is CC(c1cccc2ccccc12)C(F)(F)F. The zero-order chi connectivity index (χ0) is 11.8. The normalized spacial score (nSPS) is 14.0. The summed E-state index contributed by atoms with van der Waals surface area (Å²) in [6.07, 6.45) is -4.19. The highest BCUT2D eigenvalue weighted by molar-refractivity contribution is 5.86. The van der Waals surface area contributed by atoms with E-state index >= 15 is 0 Å². The van der Waals surface area contributed by atoms with Gasteiger partial charge in [-0.15, -0.1) is 0 Å². The zero-order valence-corrected chi connectivity index (χ0v) is 8.75. The predicted molar refractivity (Wildman–Crippen MR) is 58.4 cm³/mol. The molecule has 0 heterocycles. The molecular weight excluding hydrogens is 213 g/mol. The molecule has 0 saturated carbocycles. The molecule has 2 aromatic carbocycles. The van der Waals surface area contributed by atoms with E-state index < -0.39 is 12.1 Å². The van der Waals surface area contributed by atoms with Gasteiger partial charge in [-0.1, -0.05) is 42.5 Å². The number of hydrogen-bond donors (Lipinski definition) is 0. The van der Waals surface area contributed by atoms with Crippen LogP contribution in [0.5, 0.6) is 0 Å². The first kappa shape index (κ1) is 11.0. The molecule has 0 amide bonds. The van der Waals surface area contributed by atoms with Gasteiger partial charge < -0.3 is 0 Å². The van der Waals surface area contributed by atoms with E-state index in [2.05, 4.69) is 0 Å². The first-order valence-electron chi connectivity index (χ1n) is 5.04. The van der Waals surface area contributed by atoms with E-state index in [4.69, 9.17) is 0 Å². The van der Waals surface area contributed by atoms with Gasteiger partial charge in [0, 0.05) is 0 Å². The number of benzene rings is 2. The number of halogens is 3. The van der Waals surface area contributed by atoms with Crippen LogP contribution in [0.4, 0.5) is 13.2 Å². The van der Waals surface area contributed by atoms with Crippen LogP contribution in [0, 0.1) is 0 Å². The molecule has 2 aromatic rings. The lowest BCUT2D eigenvalue weighted by molar-refractivity contribution is -0.146. The fourth-order valence-corrected chi connectivity index (χ4v) is 1.80. The Morgan fingerprint density at radius 1 is 0.938 bits per heavy atom. The van der Waals surface area contributed by atoms with Gasteiger partial charge in [-0.3, -0.25) is 0 Å². The quantitative estimate of drug-likeness (QED) is 0.668. The van der Waals surface area contributed by atoms with Crippen molar-refractivity contribution in [3.63, 3.8) is 0 Å². The van der Waals surface area contributed by atoms with Crippen LogP contribution in [0.15, 0.2) is 42.5 Å². The lowest BCUT2D eigenvalue weighted by Crippen LogP contribution is -2.17. The summed E-state index contributed by atoms with van der Waals surface area (Å²) < 4.78 is 38.0. The van der Waals surface area contributed by atoms with Gasteiger partial charge in [0.25, 0.3) is 0 Å². The fraction of sp³-hybridized carbons (Fsp3) is 0.231. The summed E-state index contributed by atoms with van der Waals surface area (Å²) in [5.74, 6) is -1.43. The summed E-state index contributed by atoms with van der Waals surface area (Å²) in [6.45, 7) is 1.20. The van der Waals surface area contributed by atoms with E-state index in [-0.39, 0.29) is 0 Å². The summed E-state index contributed by atoms with van der Waals surface area (Å²) >= 11 is 0. The van der Waals surface area contributed by atoms with Crippen molar-refractivity contribution in [2.75, 3.05) is 0 Å². The summed E-state index contributed by atoms with van der Waals surface area (Å²) in [7, 11) is 0. The van der Waals surface area contributed by atoms with Crippen molar-refractivity contribution in [1.29, 1.82) is 0 Å². The Kier molecular flexibility index (Phi) is 2.62. The highest BCUT2D eigenvalue weighted by Crippen LogP contribution is 2.37. The Labute approximate surface area is 91.7 Å². The van der Waals surface area contributed by atoms with Crippen molar-refractivity contribution in [2.45, 2.75) is 19.0 Å². The van der Waals surface area contributed by atoms with Gasteiger partial charge in [0.2, 0.25) is 0 Å². The molecule has 0 aromatic heterocycles. The van der Waals surface area contributed by atoms with E-state index in [1.165, 1.54) is 6.92 Å². The fourth-order valence-electron chi connectivity index (χ4n) is 1.80. The Morgan fingerprint density at radius 2 is 1.56 bits per heavy atom. The monoisotopic (exact) mass is 224 g/mol. The second kappa shape index (κ2) is 3.81. The molecule has 16 heavy (non-hydrogen) atoms. The van der Waals surface area contributed by atoms with Crippen molar-refractivity contribution < 1.29 is 13.2 Å². The van der Waals surface area contributed by atoms with Crippen LogP contribution in [0.25, 0.3) is 10.8 Å². The van der Waals surface area contributed by atoms with E-state index in [1.807, 2.05) is 18.2 Å². The molecule has 1 unspecified atom stereocenters. The minimum absolute atomic E-state index is 0.339. The molecule has 84 valence electrons. The summed E-state index contributed by atoms with van der Waals surface area (Å²) in [5.41, 5.74) is 0.339. The third-order valence-electron chi connectivity index (χ3n) is 2.78. The Morgan fingerprint density at radius 3 is 2.25 bits per heavy atom. The van der Waals surface area contributed by atoms with Crippen LogP contribution >= 0.6 is 0 Å². The van der Waals surface area contributed by atoms with Crippen LogP contribution in [0.3, 0.4) is 0 Å². The summed E-state index contributed by atoms with van der Waals surface area (Å²) in [4.78, 5) is 0. The number of rotatable bonds is 1. The van der Waals surface area contributed by atoms with Gasteiger partial charge in [-0.25, -0.2) is 0 Å². The van der Waals surface area contributed by atoms with Crippen LogP contribution in [-0.4, -0.2) is 6.18 Å². The molecule has 0 aliphatic rings. The minimum Gasteiger partial charge on any atom is -0.170 e. The molecule has 1 atom stereocenters. The molecule has 0 fully saturated rings. The van der Waals surface area contributed by atoms with Crippen LogP contribution < -0.4 is 0 Å². The Hall–Kier alpha value is -1.51. The third-order valence-corrected chi connectivity index (χ3v) is 2.78. The molecule has 0 nitrogen and oxygen atoms in total. The molecule has 0 radical (unpaired) electrons. The van der Waals surface area contributed by atoms with Gasteiger partial charge in [0.1, 0.15) is 0 Å². The highest BCUT2D eigenvalue weighted by Gasteiger charge is 2.37. The molecule has 0 N–H and O–H groups in total. The molecule has 0 saturated heterocycles. The zero-order valence-electron chi connectivity index (χ0n) is 8.75. The molecular formula is C13H11F3. The lowest BCUT2D eigenvalue weighted by atomic mass is 9.94. The third kappa shape index (κ3) is 1.90. The smallest absolute Gasteiger partial charge is 0.170 e. The van der Waals surface area contributed by atoms with Crippen molar-refractivity contribution in [3.05, 3.63) is 48.0 Å². The predicted octanol–water partition coefficient (Wildman–Crippen LogP) is 4.51. The van der Waals surface area contributed by atoms with Crippen LogP contribution in [0.2, 0.25) is 0 Å². The van der Waals surface area contributed by atoms with Crippen molar-refractivity contribution in [3.8, 4) is 0 Å². The molecule has 0 spiro atoms. The van der Waals surface area contributed by atoms with Crippen molar-refractivity contribution in [2.24, 2.45) is 0 Å². The highest BCUT2D eigenvalue weighted by atomic mass is 19.4. The number of fused-ring (bicyclic) bond motifs is 1.